The van der Waals surface area contributed by atoms with E-state index in [1.165, 1.54) is 7.11 Å². The summed E-state index contributed by atoms with van der Waals surface area (Å²) in [5.74, 6) is -3.51. The Bertz CT molecular complexity index is 616. The Balaban J connectivity index is 2.21. The van der Waals surface area contributed by atoms with Crippen molar-refractivity contribution in [2.45, 2.75) is 18.9 Å². The highest BCUT2D eigenvalue weighted by Gasteiger charge is 2.40. The van der Waals surface area contributed by atoms with Crippen LogP contribution in [0.3, 0.4) is 0 Å². The minimum absolute atomic E-state index is 0.0207. The van der Waals surface area contributed by atoms with E-state index in [1.54, 1.807) is 6.07 Å². The third-order valence-electron chi connectivity index (χ3n) is 3.20. The quantitative estimate of drug-likeness (QED) is 0.819. The van der Waals surface area contributed by atoms with Crippen molar-refractivity contribution in [1.82, 2.24) is 5.32 Å². The van der Waals surface area contributed by atoms with Crippen molar-refractivity contribution < 1.29 is 22.3 Å². The minimum Gasteiger partial charge on any atom is -0.496 e. The van der Waals surface area contributed by atoms with E-state index in [-0.39, 0.29) is 6.54 Å². The maximum Gasteiger partial charge on any atom is 0.319 e. The Kier molecular flexibility index (Phi) is 4.67. The average Bonchev–Trinajstić information content (AvgIpc) is 2.47. The van der Waals surface area contributed by atoms with Gasteiger partial charge in [0.2, 0.25) is 0 Å². The highest BCUT2D eigenvalue weighted by atomic mass is 19.3. The van der Waals surface area contributed by atoms with Crippen LogP contribution in [0.2, 0.25) is 0 Å². The summed E-state index contributed by atoms with van der Waals surface area (Å²) in [5.41, 5.74) is 0.667. The molecule has 1 N–H and O–H groups in total. The second-order valence-corrected chi connectivity index (χ2v) is 4.63. The summed E-state index contributed by atoms with van der Waals surface area (Å²) in [7, 11) is 1.47. The SMILES string of the molecule is COc1ccc2ccccc2c1CNCC(F)(F)C(F)F. The molecule has 0 aromatic heterocycles. The Morgan fingerprint density at radius 1 is 1.14 bits per heavy atom. The summed E-state index contributed by atoms with van der Waals surface area (Å²) in [6.07, 6.45) is -3.68. The molecule has 114 valence electrons. The fourth-order valence-corrected chi connectivity index (χ4v) is 2.12. The van der Waals surface area contributed by atoms with Crippen molar-refractivity contribution >= 4 is 10.8 Å². The molecule has 2 nitrogen and oxygen atoms in total. The van der Waals surface area contributed by atoms with E-state index in [1.807, 2.05) is 30.3 Å². The first-order valence-electron chi connectivity index (χ1n) is 6.37. The first-order chi connectivity index (χ1) is 9.95. The molecule has 0 fully saturated rings. The van der Waals surface area contributed by atoms with Crippen LogP contribution in [0.25, 0.3) is 10.8 Å². The van der Waals surface area contributed by atoms with Gasteiger partial charge in [0.15, 0.2) is 0 Å². The molecule has 0 amide bonds. The van der Waals surface area contributed by atoms with Gasteiger partial charge in [-0.2, -0.15) is 8.78 Å². The molecule has 2 aromatic carbocycles. The van der Waals surface area contributed by atoms with Crippen LogP contribution in [0.4, 0.5) is 17.6 Å². The van der Waals surface area contributed by atoms with Crippen LogP contribution < -0.4 is 10.1 Å². The molecule has 0 aliphatic rings. The second kappa shape index (κ2) is 6.30. The van der Waals surface area contributed by atoms with E-state index in [4.69, 9.17) is 4.74 Å². The standard InChI is InChI=1S/C15H15F4NO/c1-21-13-7-6-10-4-2-3-5-11(10)12(13)8-20-9-15(18,19)14(16)17/h2-7,14,20H,8-9H2,1H3. The van der Waals surface area contributed by atoms with Gasteiger partial charge in [0.1, 0.15) is 5.75 Å². The van der Waals surface area contributed by atoms with E-state index < -0.39 is 18.9 Å². The number of ether oxygens (including phenoxy) is 1. The van der Waals surface area contributed by atoms with Crippen LogP contribution in [0.15, 0.2) is 36.4 Å². The Morgan fingerprint density at radius 3 is 2.52 bits per heavy atom. The summed E-state index contributed by atoms with van der Waals surface area (Å²) in [6, 6.07) is 11.0. The lowest BCUT2D eigenvalue weighted by Gasteiger charge is -2.17. The van der Waals surface area contributed by atoms with Crippen molar-refractivity contribution in [1.29, 1.82) is 0 Å². The summed E-state index contributed by atoms with van der Waals surface area (Å²) >= 11 is 0. The van der Waals surface area contributed by atoms with Crippen molar-refractivity contribution in [2.24, 2.45) is 0 Å². The van der Waals surface area contributed by atoms with E-state index in [9.17, 15) is 17.6 Å². The molecule has 0 saturated heterocycles. The second-order valence-electron chi connectivity index (χ2n) is 4.63. The molecule has 6 heteroatoms. The molecule has 0 spiro atoms. The molecule has 21 heavy (non-hydrogen) atoms. The fraction of sp³-hybridized carbons (Fsp3) is 0.333. The van der Waals surface area contributed by atoms with Crippen LogP contribution in [-0.4, -0.2) is 26.0 Å². The van der Waals surface area contributed by atoms with Gasteiger partial charge in [-0.3, -0.25) is 0 Å². The number of methoxy groups -OCH3 is 1. The van der Waals surface area contributed by atoms with Gasteiger partial charge in [0, 0.05) is 12.1 Å². The first kappa shape index (κ1) is 15.6. The molecule has 0 radical (unpaired) electrons. The predicted octanol–water partition coefficient (Wildman–Crippen LogP) is 3.84. The summed E-state index contributed by atoms with van der Waals surface area (Å²) in [5, 5.41) is 4.14. The maximum absolute atomic E-state index is 12.9. The zero-order valence-electron chi connectivity index (χ0n) is 11.4. The monoisotopic (exact) mass is 301 g/mol. The molecule has 0 heterocycles. The topological polar surface area (TPSA) is 21.3 Å². The third kappa shape index (κ3) is 3.44. The van der Waals surface area contributed by atoms with E-state index >= 15 is 0 Å². The van der Waals surface area contributed by atoms with Crippen LogP contribution in [0, 0.1) is 0 Å². The zero-order valence-corrected chi connectivity index (χ0v) is 11.4. The molecule has 0 aliphatic carbocycles. The maximum atomic E-state index is 12.9. The van der Waals surface area contributed by atoms with E-state index in [0.29, 0.717) is 11.3 Å². The lowest BCUT2D eigenvalue weighted by Crippen LogP contribution is -2.38. The summed E-state index contributed by atoms with van der Waals surface area (Å²) in [6.45, 7) is -1.07. The highest BCUT2D eigenvalue weighted by Crippen LogP contribution is 2.28. The largest absolute Gasteiger partial charge is 0.496 e. The van der Waals surface area contributed by atoms with Gasteiger partial charge < -0.3 is 10.1 Å². The smallest absolute Gasteiger partial charge is 0.319 e. The van der Waals surface area contributed by atoms with Crippen LogP contribution in [0.5, 0.6) is 5.75 Å². The average molecular weight is 301 g/mol. The lowest BCUT2D eigenvalue weighted by molar-refractivity contribution is -0.125. The third-order valence-corrected chi connectivity index (χ3v) is 3.20. The lowest BCUT2D eigenvalue weighted by atomic mass is 10.0. The highest BCUT2D eigenvalue weighted by molar-refractivity contribution is 5.87. The van der Waals surface area contributed by atoms with Crippen molar-refractivity contribution in [2.75, 3.05) is 13.7 Å². The number of fused-ring (bicyclic) bond motifs is 1. The van der Waals surface area contributed by atoms with Gasteiger partial charge >= 0.3 is 12.3 Å². The molecule has 2 aromatic rings. The van der Waals surface area contributed by atoms with Crippen LogP contribution in [0.1, 0.15) is 5.56 Å². The molecule has 0 saturated carbocycles. The molecular formula is C15H15F4NO. The number of benzene rings is 2. The molecule has 0 atom stereocenters. The number of halogens is 4. The molecular weight excluding hydrogens is 286 g/mol. The van der Waals surface area contributed by atoms with Gasteiger partial charge in [0.25, 0.3) is 0 Å². The molecule has 0 unspecified atom stereocenters. The van der Waals surface area contributed by atoms with E-state index in [0.717, 1.165) is 10.8 Å². The summed E-state index contributed by atoms with van der Waals surface area (Å²) < 4.78 is 55.3. The Labute approximate surface area is 119 Å². The van der Waals surface area contributed by atoms with Crippen molar-refractivity contribution in [3.05, 3.63) is 42.0 Å². The van der Waals surface area contributed by atoms with Crippen LogP contribution in [-0.2, 0) is 6.54 Å². The number of rotatable bonds is 6. The molecule has 2 rings (SSSR count). The van der Waals surface area contributed by atoms with Gasteiger partial charge in [-0.05, 0) is 16.8 Å². The van der Waals surface area contributed by atoms with Crippen molar-refractivity contribution in [3.63, 3.8) is 0 Å². The van der Waals surface area contributed by atoms with Crippen LogP contribution >= 0.6 is 0 Å². The van der Waals surface area contributed by atoms with Gasteiger partial charge in [0.05, 0.1) is 13.7 Å². The summed E-state index contributed by atoms with van der Waals surface area (Å²) in [4.78, 5) is 0. The fourth-order valence-electron chi connectivity index (χ4n) is 2.12. The number of hydrogen-bond acceptors (Lipinski definition) is 2. The minimum atomic E-state index is -4.04. The molecule has 0 aliphatic heterocycles. The molecule has 0 bridgehead atoms. The first-order valence-corrected chi connectivity index (χ1v) is 6.37. The van der Waals surface area contributed by atoms with Gasteiger partial charge in [-0.15, -0.1) is 0 Å². The number of alkyl halides is 4. The number of nitrogens with one attached hydrogen (secondary N) is 1. The number of hydrogen-bond donors (Lipinski definition) is 1. The van der Waals surface area contributed by atoms with Crippen molar-refractivity contribution in [3.8, 4) is 5.75 Å². The van der Waals surface area contributed by atoms with Gasteiger partial charge in [-0.25, -0.2) is 8.78 Å². The van der Waals surface area contributed by atoms with E-state index in [2.05, 4.69) is 5.32 Å². The zero-order chi connectivity index (χ0) is 15.5. The van der Waals surface area contributed by atoms with Gasteiger partial charge in [-0.1, -0.05) is 30.3 Å². The predicted molar refractivity (Wildman–Crippen MR) is 73.2 cm³/mol. The normalized spacial score (nSPS) is 12.1. The Hall–Kier alpha value is -1.82. The Morgan fingerprint density at radius 2 is 1.86 bits per heavy atom.